The minimum Gasteiger partial charge on any atom is -0.453 e. The van der Waals surface area contributed by atoms with Crippen molar-refractivity contribution in [3.05, 3.63) is 63.4 Å². The van der Waals surface area contributed by atoms with Crippen LogP contribution in [0.5, 0.6) is 0 Å². The Hall–Kier alpha value is -1.91. The summed E-state index contributed by atoms with van der Waals surface area (Å²) in [5.74, 6) is -1.09. The SMILES string of the molecule is CC(C)(C)c1ccc(C(=O)COC(=O)c2nc(Cl)ccc2Cl)cc1. The fourth-order valence-electron chi connectivity index (χ4n) is 2.00. The van der Waals surface area contributed by atoms with Gasteiger partial charge in [0, 0.05) is 5.56 Å². The molecular formula is C18H17Cl2NO3. The van der Waals surface area contributed by atoms with Gasteiger partial charge in [0.1, 0.15) is 5.15 Å². The van der Waals surface area contributed by atoms with Gasteiger partial charge in [0.05, 0.1) is 5.02 Å². The van der Waals surface area contributed by atoms with Crippen molar-refractivity contribution in [2.75, 3.05) is 6.61 Å². The number of ether oxygens (including phenoxy) is 1. The van der Waals surface area contributed by atoms with Crippen molar-refractivity contribution in [1.82, 2.24) is 4.98 Å². The number of carbonyl (C=O) groups is 2. The van der Waals surface area contributed by atoms with Crippen LogP contribution < -0.4 is 0 Å². The molecule has 0 bridgehead atoms. The summed E-state index contributed by atoms with van der Waals surface area (Å²) in [6.45, 7) is 5.88. The first-order valence-corrected chi connectivity index (χ1v) is 8.07. The fraction of sp³-hybridized carbons (Fsp3) is 0.278. The maximum atomic E-state index is 12.1. The Bertz CT molecular complexity index is 765. The summed E-state index contributed by atoms with van der Waals surface area (Å²) < 4.78 is 4.98. The van der Waals surface area contributed by atoms with Gasteiger partial charge >= 0.3 is 5.97 Å². The number of ketones is 1. The van der Waals surface area contributed by atoms with E-state index < -0.39 is 12.6 Å². The third-order valence-electron chi connectivity index (χ3n) is 3.41. The van der Waals surface area contributed by atoms with Gasteiger partial charge in [-0.05, 0) is 23.1 Å². The van der Waals surface area contributed by atoms with Gasteiger partial charge in [0.25, 0.3) is 0 Å². The first-order chi connectivity index (χ1) is 11.2. The number of carbonyl (C=O) groups excluding carboxylic acids is 2. The molecule has 0 saturated heterocycles. The average Bonchev–Trinajstić information content (AvgIpc) is 2.53. The second kappa shape index (κ2) is 7.32. The summed E-state index contributed by atoms with van der Waals surface area (Å²) in [5.41, 5.74) is 1.48. The zero-order valence-corrected chi connectivity index (χ0v) is 15.1. The topological polar surface area (TPSA) is 56.3 Å². The molecule has 2 aromatic rings. The van der Waals surface area contributed by atoms with E-state index in [1.54, 1.807) is 12.1 Å². The molecule has 0 atom stereocenters. The van der Waals surface area contributed by atoms with Crippen LogP contribution in [0.1, 0.15) is 47.2 Å². The maximum Gasteiger partial charge on any atom is 0.359 e. The summed E-state index contributed by atoms with van der Waals surface area (Å²) in [5, 5.41) is 0.238. The summed E-state index contributed by atoms with van der Waals surface area (Å²) in [7, 11) is 0. The smallest absolute Gasteiger partial charge is 0.359 e. The van der Waals surface area contributed by atoms with Crippen LogP contribution in [0.4, 0.5) is 0 Å². The molecule has 126 valence electrons. The molecule has 2 rings (SSSR count). The molecular weight excluding hydrogens is 349 g/mol. The first-order valence-electron chi connectivity index (χ1n) is 7.31. The van der Waals surface area contributed by atoms with Crippen LogP contribution in [0.3, 0.4) is 0 Å². The maximum absolute atomic E-state index is 12.1. The van der Waals surface area contributed by atoms with E-state index in [1.807, 2.05) is 12.1 Å². The normalized spacial score (nSPS) is 11.2. The number of rotatable bonds is 4. The molecule has 1 aromatic heterocycles. The molecule has 1 heterocycles. The number of halogens is 2. The van der Waals surface area contributed by atoms with Crippen molar-refractivity contribution in [1.29, 1.82) is 0 Å². The summed E-state index contributed by atoms with van der Waals surface area (Å²) in [4.78, 5) is 27.9. The molecule has 0 unspecified atom stereocenters. The predicted molar refractivity (Wildman–Crippen MR) is 94.0 cm³/mol. The van der Waals surface area contributed by atoms with Crippen molar-refractivity contribution >= 4 is 35.0 Å². The molecule has 1 aromatic carbocycles. The van der Waals surface area contributed by atoms with Crippen molar-refractivity contribution in [3.63, 3.8) is 0 Å². The molecule has 0 radical (unpaired) electrons. The molecule has 0 aliphatic carbocycles. The summed E-state index contributed by atoms with van der Waals surface area (Å²) >= 11 is 11.6. The number of hydrogen-bond donors (Lipinski definition) is 0. The first kappa shape index (κ1) is 18.4. The Kier molecular flexibility index (Phi) is 5.62. The molecule has 0 aliphatic heterocycles. The van der Waals surface area contributed by atoms with E-state index in [0.29, 0.717) is 5.56 Å². The third-order valence-corrected chi connectivity index (χ3v) is 3.93. The highest BCUT2D eigenvalue weighted by atomic mass is 35.5. The van der Waals surface area contributed by atoms with Crippen LogP contribution in [0.2, 0.25) is 10.2 Å². The van der Waals surface area contributed by atoms with Gasteiger partial charge in [-0.15, -0.1) is 0 Å². The second-order valence-electron chi connectivity index (χ2n) is 6.29. The van der Waals surface area contributed by atoms with Gasteiger partial charge in [0.2, 0.25) is 0 Å². The molecule has 0 N–H and O–H groups in total. The van der Waals surface area contributed by atoms with Crippen LogP contribution >= 0.6 is 23.2 Å². The molecule has 0 saturated carbocycles. The lowest BCUT2D eigenvalue weighted by Crippen LogP contribution is -2.16. The van der Waals surface area contributed by atoms with Crippen molar-refractivity contribution in [3.8, 4) is 0 Å². The Morgan fingerprint density at radius 1 is 1.04 bits per heavy atom. The van der Waals surface area contributed by atoms with Gasteiger partial charge in [-0.25, -0.2) is 9.78 Å². The highest BCUT2D eigenvalue weighted by Crippen LogP contribution is 2.22. The standard InChI is InChI=1S/C18H17Cl2NO3/c1-18(2,3)12-6-4-11(5-7-12)14(22)10-24-17(23)16-13(19)8-9-15(20)21-16/h4-9H,10H2,1-3H3. The van der Waals surface area contributed by atoms with Crippen molar-refractivity contribution < 1.29 is 14.3 Å². The lowest BCUT2D eigenvalue weighted by molar-refractivity contribution is 0.0469. The summed E-state index contributed by atoms with van der Waals surface area (Å²) in [6, 6.07) is 10.1. The highest BCUT2D eigenvalue weighted by molar-refractivity contribution is 6.34. The van der Waals surface area contributed by atoms with Gasteiger partial charge < -0.3 is 4.74 Å². The van der Waals surface area contributed by atoms with E-state index in [4.69, 9.17) is 27.9 Å². The number of Topliss-reactive ketones (excluding diaryl/α,β-unsaturated/α-hetero) is 1. The third kappa shape index (κ3) is 4.56. The number of benzene rings is 1. The number of aromatic nitrogens is 1. The van der Waals surface area contributed by atoms with Crippen LogP contribution in [0, 0.1) is 0 Å². The van der Waals surface area contributed by atoms with E-state index in [0.717, 1.165) is 5.56 Å². The van der Waals surface area contributed by atoms with Crippen LogP contribution in [0.15, 0.2) is 36.4 Å². The van der Waals surface area contributed by atoms with Crippen LogP contribution in [-0.4, -0.2) is 23.3 Å². The van der Waals surface area contributed by atoms with Gasteiger partial charge in [0.15, 0.2) is 18.1 Å². The van der Waals surface area contributed by atoms with Crippen molar-refractivity contribution in [2.45, 2.75) is 26.2 Å². The Morgan fingerprint density at radius 3 is 2.25 bits per heavy atom. The van der Waals surface area contributed by atoms with E-state index in [2.05, 4.69) is 25.8 Å². The number of hydrogen-bond acceptors (Lipinski definition) is 4. The molecule has 6 heteroatoms. The molecule has 24 heavy (non-hydrogen) atoms. The minimum atomic E-state index is -0.790. The lowest BCUT2D eigenvalue weighted by atomic mass is 9.86. The van der Waals surface area contributed by atoms with Gasteiger partial charge in [-0.1, -0.05) is 68.2 Å². The monoisotopic (exact) mass is 365 g/mol. The van der Waals surface area contributed by atoms with E-state index >= 15 is 0 Å². The summed E-state index contributed by atoms with van der Waals surface area (Å²) in [6.07, 6.45) is 0. The number of pyridine rings is 1. The number of esters is 1. The molecule has 0 fully saturated rings. The van der Waals surface area contributed by atoms with E-state index in [-0.39, 0.29) is 27.1 Å². The zero-order valence-electron chi connectivity index (χ0n) is 13.6. The zero-order chi connectivity index (χ0) is 17.9. The molecule has 0 amide bonds. The van der Waals surface area contributed by atoms with Crippen molar-refractivity contribution in [2.24, 2.45) is 0 Å². The largest absolute Gasteiger partial charge is 0.453 e. The van der Waals surface area contributed by atoms with E-state index in [1.165, 1.54) is 12.1 Å². The molecule has 0 aliphatic rings. The molecule has 4 nitrogen and oxygen atoms in total. The highest BCUT2D eigenvalue weighted by Gasteiger charge is 2.18. The Balaban J connectivity index is 2.02. The van der Waals surface area contributed by atoms with Gasteiger partial charge in [-0.2, -0.15) is 0 Å². The average molecular weight is 366 g/mol. The van der Waals surface area contributed by atoms with Gasteiger partial charge in [-0.3, -0.25) is 4.79 Å². The Labute approximate surface area is 150 Å². The number of nitrogens with zero attached hydrogens (tertiary/aromatic N) is 1. The quantitative estimate of drug-likeness (QED) is 0.446. The van der Waals surface area contributed by atoms with E-state index in [9.17, 15) is 9.59 Å². The minimum absolute atomic E-state index is 0.00302. The Morgan fingerprint density at radius 2 is 1.67 bits per heavy atom. The molecule has 0 spiro atoms. The lowest BCUT2D eigenvalue weighted by Gasteiger charge is -2.18. The predicted octanol–water partition coefficient (Wildman–Crippen LogP) is 4.73. The van der Waals surface area contributed by atoms with Crippen LogP contribution in [-0.2, 0) is 10.2 Å². The van der Waals surface area contributed by atoms with Crippen LogP contribution in [0.25, 0.3) is 0 Å². The second-order valence-corrected chi connectivity index (χ2v) is 7.09. The fourth-order valence-corrected chi connectivity index (χ4v) is 2.33.